The van der Waals surface area contributed by atoms with Gasteiger partial charge in [-0.05, 0) is 73.6 Å². The third kappa shape index (κ3) is 5.45. The van der Waals surface area contributed by atoms with Crippen LogP contribution in [0, 0.1) is 0 Å². The van der Waals surface area contributed by atoms with Gasteiger partial charge in [0.05, 0.1) is 25.2 Å². The summed E-state index contributed by atoms with van der Waals surface area (Å²) in [5.74, 6) is 2.05. The van der Waals surface area contributed by atoms with Gasteiger partial charge in [-0.3, -0.25) is 4.79 Å². The van der Waals surface area contributed by atoms with Crippen molar-refractivity contribution in [3.63, 3.8) is 0 Å². The maximum atomic E-state index is 12.6. The minimum atomic E-state index is -0.195. The lowest BCUT2D eigenvalue weighted by atomic mass is 10.2. The highest BCUT2D eigenvalue weighted by molar-refractivity contribution is 8.18. The number of hydrogen-bond acceptors (Lipinski definition) is 7. The summed E-state index contributed by atoms with van der Waals surface area (Å²) in [5.41, 5.74) is 2.06. The first-order valence-corrected chi connectivity index (χ1v) is 12.0. The van der Waals surface area contributed by atoms with Gasteiger partial charge in [0, 0.05) is 31.9 Å². The predicted molar refractivity (Wildman–Crippen MR) is 134 cm³/mol. The van der Waals surface area contributed by atoms with Crippen molar-refractivity contribution in [2.24, 2.45) is 4.99 Å². The molecule has 0 radical (unpaired) electrons. The van der Waals surface area contributed by atoms with Gasteiger partial charge in [0.1, 0.15) is 5.75 Å². The zero-order valence-corrected chi connectivity index (χ0v) is 20.1. The van der Waals surface area contributed by atoms with Gasteiger partial charge < -0.3 is 24.0 Å². The number of carbonyl (C=O) groups is 1. The molecule has 0 unspecified atom stereocenters. The van der Waals surface area contributed by atoms with Crippen molar-refractivity contribution in [1.82, 2.24) is 4.90 Å². The van der Waals surface area contributed by atoms with Gasteiger partial charge in [-0.1, -0.05) is 6.07 Å². The number of thioether (sulfide) groups is 1. The second-order valence-corrected chi connectivity index (χ2v) is 8.56. The van der Waals surface area contributed by atoms with Crippen LogP contribution in [0.25, 0.3) is 6.08 Å². The van der Waals surface area contributed by atoms with Crippen LogP contribution in [0.1, 0.15) is 19.4 Å². The molecule has 0 bridgehead atoms. The van der Waals surface area contributed by atoms with Crippen molar-refractivity contribution in [2.75, 3.05) is 51.4 Å². The molecule has 0 aliphatic carbocycles. The van der Waals surface area contributed by atoms with Gasteiger partial charge in [0.25, 0.3) is 5.91 Å². The molecule has 2 aromatic rings. The Hall–Kier alpha value is -3.13. The summed E-state index contributed by atoms with van der Waals surface area (Å²) < 4.78 is 16.6. The molecule has 0 aromatic heterocycles. The molecule has 1 saturated heterocycles. The van der Waals surface area contributed by atoms with Crippen molar-refractivity contribution in [1.29, 1.82) is 0 Å². The molecule has 2 aromatic carbocycles. The van der Waals surface area contributed by atoms with Crippen molar-refractivity contribution in [3.05, 3.63) is 52.9 Å². The van der Waals surface area contributed by atoms with Gasteiger partial charge in [-0.2, -0.15) is 4.99 Å². The van der Waals surface area contributed by atoms with Crippen LogP contribution < -0.4 is 19.1 Å². The Bertz CT molecular complexity index is 1040. The molecule has 2 aliphatic rings. The Labute approximate surface area is 199 Å². The largest absolute Gasteiger partial charge is 0.497 e. The zero-order chi connectivity index (χ0) is 23.2. The highest BCUT2D eigenvalue weighted by Gasteiger charge is 2.28. The fourth-order valence-corrected chi connectivity index (χ4v) is 4.76. The van der Waals surface area contributed by atoms with E-state index in [1.54, 1.807) is 7.11 Å². The average Bonchev–Trinajstić information content (AvgIpc) is 3.21. The minimum absolute atomic E-state index is 0.195. The van der Waals surface area contributed by atoms with E-state index in [9.17, 15) is 4.79 Å². The number of rotatable bonds is 7. The lowest BCUT2D eigenvalue weighted by Gasteiger charge is -2.36. The number of methoxy groups -OCH3 is 1. The predicted octanol–water partition coefficient (Wildman–Crippen LogP) is 4.29. The maximum absolute atomic E-state index is 12.6. The summed E-state index contributed by atoms with van der Waals surface area (Å²) in [7, 11) is 1.67. The van der Waals surface area contributed by atoms with E-state index in [1.165, 1.54) is 17.4 Å². The molecule has 7 nitrogen and oxygen atoms in total. The van der Waals surface area contributed by atoms with Crippen LogP contribution in [0.15, 0.2) is 52.4 Å². The van der Waals surface area contributed by atoms with Crippen molar-refractivity contribution in [3.8, 4) is 17.2 Å². The van der Waals surface area contributed by atoms with Crippen LogP contribution in [0.2, 0.25) is 0 Å². The lowest BCUT2D eigenvalue weighted by molar-refractivity contribution is -0.113. The molecule has 33 heavy (non-hydrogen) atoms. The van der Waals surface area contributed by atoms with Crippen LogP contribution in [0.3, 0.4) is 0 Å². The normalized spacial score (nSPS) is 17.4. The molecule has 0 spiro atoms. The van der Waals surface area contributed by atoms with Gasteiger partial charge in [-0.25, -0.2) is 0 Å². The molecule has 1 amide bonds. The van der Waals surface area contributed by atoms with Crippen LogP contribution in [0.4, 0.5) is 5.69 Å². The standard InChI is InChI=1S/C25H29N3O4S/c1-4-31-21-11-6-18(16-22(21)32-5-2)17-23-24(29)26-25(33-23)28-14-12-27(13-15-28)19-7-9-20(30-3)10-8-19/h6-11,16-17H,4-5,12-15H2,1-3H3/b23-17-. The number of amidine groups is 1. The van der Waals surface area contributed by atoms with Crippen molar-refractivity contribution >= 4 is 34.6 Å². The number of hydrogen-bond donors (Lipinski definition) is 0. The van der Waals surface area contributed by atoms with Crippen molar-refractivity contribution < 1.29 is 19.0 Å². The van der Waals surface area contributed by atoms with E-state index < -0.39 is 0 Å². The average molecular weight is 468 g/mol. The highest BCUT2D eigenvalue weighted by Crippen LogP contribution is 2.34. The molecule has 0 saturated carbocycles. The summed E-state index contributed by atoms with van der Waals surface area (Å²) in [6, 6.07) is 13.8. The first-order chi connectivity index (χ1) is 16.1. The summed E-state index contributed by atoms with van der Waals surface area (Å²) in [4.78, 5) is 22.0. The highest BCUT2D eigenvalue weighted by atomic mass is 32.2. The quantitative estimate of drug-likeness (QED) is 0.563. The molecule has 8 heteroatoms. The monoisotopic (exact) mass is 467 g/mol. The molecular weight excluding hydrogens is 438 g/mol. The van der Waals surface area contributed by atoms with Crippen molar-refractivity contribution in [2.45, 2.75) is 13.8 Å². The Morgan fingerprint density at radius 2 is 1.61 bits per heavy atom. The summed E-state index contributed by atoms with van der Waals surface area (Å²) >= 11 is 1.44. The molecule has 0 atom stereocenters. The third-order valence-corrected chi connectivity index (χ3v) is 6.51. The van der Waals surface area contributed by atoms with Gasteiger partial charge >= 0.3 is 0 Å². The van der Waals surface area contributed by atoms with Crippen LogP contribution >= 0.6 is 11.8 Å². The second-order valence-electron chi connectivity index (χ2n) is 7.55. The molecular formula is C25H29N3O4S. The Morgan fingerprint density at radius 1 is 0.939 bits per heavy atom. The molecule has 1 fully saturated rings. The van der Waals surface area contributed by atoms with Gasteiger partial charge in [0.15, 0.2) is 16.7 Å². The number of ether oxygens (including phenoxy) is 3. The number of nitrogens with zero attached hydrogens (tertiary/aromatic N) is 3. The van der Waals surface area contributed by atoms with E-state index in [2.05, 4.69) is 26.9 Å². The first-order valence-electron chi connectivity index (χ1n) is 11.2. The fraction of sp³-hybridized carbons (Fsp3) is 0.360. The lowest BCUT2D eigenvalue weighted by Crippen LogP contribution is -2.47. The number of benzene rings is 2. The van der Waals surface area contributed by atoms with E-state index in [0.717, 1.165) is 42.7 Å². The molecule has 4 rings (SSSR count). The van der Waals surface area contributed by atoms with Gasteiger partial charge in [-0.15, -0.1) is 0 Å². The summed E-state index contributed by atoms with van der Waals surface area (Å²) in [6.07, 6.45) is 1.87. The summed E-state index contributed by atoms with van der Waals surface area (Å²) in [6.45, 7) is 8.36. The second kappa shape index (κ2) is 10.7. The topological polar surface area (TPSA) is 63.6 Å². The van der Waals surface area contributed by atoms with E-state index in [4.69, 9.17) is 14.2 Å². The fourth-order valence-electron chi connectivity index (χ4n) is 3.79. The molecule has 2 aliphatic heterocycles. The third-order valence-electron chi connectivity index (χ3n) is 5.46. The first kappa shape index (κ1) is 23.0. The van der Waals surface area contributed by atoms with Crippen LogP contribution in [-0.2, 0) is 4.79 Å². The number of amides is 1. The number of piperazine rings is 1. The van der Waals surface area contributed by atoms with Crippen LogP contribution in [-0.4, -0.2) is 62.5 Å². The Morgan fingerprint density at radius 3 is 2.27 bits per heavy atom. The number of anilines is 1. The van der Waals surface area contributed by atoms with Crippen LogP contribution in [0.5, 0.6) is 17.2 Å². The SMILES string of the molecule is CCOc1ccc(/C=C2\SC(N3CCN(c4ccc(OC)cc4)CC3)=NC2=O)cc1OCC. The molecule has 2 heterocycles. The smallest absolute Gasteiger partial charge is 0.286 e. The minimum Gasteiger partial charge on any atom is -0.497 e. The van der Waals surface area contributed by atoms with E-state index in [1.807, 2.05) is 50.3 Å². The Kier molecular flexibility index (Phi) is 7.44. The van der Waals surface area contributed by atoms with E-state index >= 15 is 0 Å². The van der Waals surface area contributed by atoms with E-state index in [-0.39, 0.29) is 5.91 Å². The Balaban J connectivity index is 1.39. The molecule has 0 N–H and O–H groups in total. The zero-order valence-electron chi connectivity index (χ0n) is 19.2. The maximum Gasteiger partial charge on any atom is 0.286 e. The van der Waals surface area contributed by atoms with E-state index in [0.29, 0.717) is 29.6 Å². The number of aliphatic imine (C=N–C) groups is 1. The van der Waals surface area contributed by atoms with Gasteiger partial charge in [0.2, 0.25) is 0 Å². The summed E-state index contributed by atoms with van der Waals surface area (Å²) in [5, 5.41) is 0.775. The number of carbonyl (C=O) groups excluding carboxylic acids is 1. The molecule has 174 valence electrons.